The van der Waals surface area contributed by atoms with Crippen LogP contribution in [0.5, 0.6) is 17.2 Å². The van der Waals surface area contributed by atoms with Crippen LogP contribution >= 0.6 is 0 Å². The Kier molecular flexibility index (Phi) is 9.45. The number of benzene rings is 3. The Morgan fingerprint density at radius 1 is 0.757 bits per heavy atom. The van der Waals surface area contributed by atoms with Crippen molar-refractivity contribution < 1.29 is 19.7 Å². The SMILES string of the molecule is CC(CCc1ccc(O)cc1)N(Cc1ccc(O)cc1)CC(O[Si](C)(C)C(C)(C)C)c1ccc(O)cc1. The van der Waals surface area contributed by atoms with E-state index in [1.54, 1.807) is 36.4 Å². The molecule has 3 aromatic carbocycles. The van der Waals surface area contributed by atoms with E-state index in [0.29, 0.717) is 6.54 Å². The first-order valence-electron chi connectivity index (χ1n) is 13.1. The standard InChI is InChI=1S/C31H43NO4Si/c1-23(7-8-24-9-15-27(33)16-10-24)32(21-25-11-17-28(34)18-12-25)22-30(26-13-19-29(35)20-14-26)36-37(5,6)31(2,3)4/h9-20,23,30,33-35H,7-8,21-22H2,1-6H3. The molecule has 0 aliphatic heterocycles. The molecule has 200 valence electrons. The molecule has 0 aliphatic carbocycles. The minimum Gasteiger partial charge on any atom is -0.508 e. The lowest BCUT2D eigenvalue weighted by Crippen LogP contribution is -2.45. The predicted octanol–water partition coefficient (Wildman–Crippen LogP) is 7.39. The number of rotatable bonds is 11. The highest BCUT2D eigenvalue weighted by atomic mass is 28.4. The van der Waals surface area contributed by atoms with Crippen LogP contribution in [0.4, 0.5) is 0 Å². The highest BCUT2D eigenvalue weighted by Gasteiger charge is 2.40. The molecule has 0 saturated heterocycles. The molecule has 2 atom stereocenters. The molecule has 5 nitrogen and oxygen atoms in total. The van der Waals surface area contributed by atoms with E-state index in [-0.39, 0.29) is 34.4 Å². The van der Waals surface area contributed by atoms with Gasteiger partial charge in [-0.15, -0.1) is 0 Å². The van der Waals surface area contributed by atoms with Crippen LogP contribution in [0.1, 0.15) is 56.9 Å². The van der Waals surface area contributed by atoms with Gasteiger partial charge in [-0.25, -0.2) is 0 Å². The van der Waals surface area contributed by atoms with Gasteiger partial charge >= 0.3 is 0 Å². The lowest BCUT2D eigenvalue weighted by atomic mass is 10.0. The third-order valence-electron chi connectivity index (χ3n) is 7.64. The van der Waals surface area contributed by atoms with Crippen molar-refractivity contribution in [2.75, 3.05) is 6.54 Å². The maximum atomic E-state index is 9.90. The maximum absolute atomic E-state index is 9.90. The molecule has 0 heterocycles. The Bertz CT molecular complexity index is 1110. The molecular formula is C31H43NO4Si. The Labute approximate surface area is 223 Å². The van der Waals surface area contributed by atoms with Crippen LogP contribution < -0.4 is 0 Å². The number of phenolic OH excluding ortho intramolecular Hbond substituents is 3. The average molecular weight is 522 g/mol. The summed E-state index contributed by atoms with van der Waals surface area (Å²) in [4.78, 5) is 2.46. The molecule has 0 aliphatic rings. The maximum Gasteiger partial charge on any atom is 0.192 e. The van der Waals surface area contributed by atoms with Gasteiger partial charge in [-0.1, -0.05) is 57.2 Å². The van der Waals surface area contributed by atoms with Gasteiger partial charge < -0.3 is 19.7 Å². The van der Waals surface area contributed by atoms with Crippen LogP contribution in [0.25, 0.3) is 0 Å². The van der Waals surface area contributed by atoms with Crippen LogP contribution in [0.2, 0.25) is 18.1 Å². The molecule has 0 radical (unpaired) electrons. The third-order valence-corrected chi connectivity index (χ3v) is 12.1. The quantitative estimate of drug-likeness (QED) is 0.229. The summed E-state index contributed by atoms with van der Waals surface area (Å²) in [6.45, 7) is 15.0. The monoisotopic (exact) mass is 521 g/mol. The summed E-state index contributed by atoms with van der Waals surface area (Å²) < 4.78 is 6.99. The van der Waals surface area contributed by atoms with Crippen molar-refractivity contribution in [1.82, 2.24) is 4.90 Å². The van der Waals surface area contributed by atoms with Gasteiger partial charge in [-0.2, -0.15) is 0 Å². The molecule has 2 unspecified atom stereocenters. The smallest absolute Gasteiger partial charge is 0.192 e. The zero-order valence-corrected chi connectivity index (χ0v) is 24.1. The lowest BCUT2D eigenvalue weighted by Gasteiger charge is -2.41. The fraction of sp³-hybridized carbons (Fsp3) is 0.419. The van der Waals surface area contributed by atoms with E-state index in [2.05, 4.69) is 45.7 Å². The van der Waals surface area contributed by atoms with Crippen LogP contribution in [0.15, 0.2) is 72.8 Å². The zero-order valence-electron chi connectivity index (χ0n) is 23.1. The minimum atomic E-state index is -2.09. The second-order valence-electron chi connectivity index (χ2n) is 11.6. The Morgan fingerprint density at radius 3 is 1.70 bits per heavy atom. The van der Waals surface area contributed by atoms with Gasteiger partial charge in [0.1, 0.15) is 17.2 Å². The summed E-state index contributed by atoms with van der Waals surface area (Å²) >= 11 is 0. The van der Waals surface area contributed by atoms with Gasteiger partial charge in [0, 0.05) is 19.1 Å². The molecular weight excluding hydrogens is 478 g/mol. The lowest BCUT2D eigenvalue weighted by molar-refractivity contribution is 0.0896. The van der Waals surface area contributed by atoms with Crippen molar-refractivity contribution in [1.29, 1.82) is 0 Å². The number of aromatic hydroxyl groups is 3. The highest BCUT2D eigenvalue weighted by Crippen LogP contribution is 2.40. The molecule has 3 aromatic rings. The van der Waals surface area contributed by atoms with Crippen LogP contribution in [0.3, 0.4) is 0 Å². The van der Waals surface area contributed by atoms with Crippen molar-refractivity contribution in [3.8, 4) is 17.2 Å². The molecule has 0 bridgehead atoms. The topological polar surface area (TPSA) is 73.2 Å². The molecule has 0 spiro atoms. The first-order chi connectivity index (χ1) is 17.3. The summed E-state index contributed by atoms with van der Waals surface area (Å²) in [5, 5.41) is 29.4. The predicted molar refractivity (Wildman–Crippen MR) is 154 cm³/mol. The van der Waals surface area contributed by atoms with Gasteiger partial charge in [0.25, 0.3) is 0 Å². The Morgan fingerprint density at radius 2 is 1.22 bits per heavy atom. The number of phenols is 3. The third kappa shape index (κ3) is 8.35. The zero-order chi connectivity index (χ0) is 27.2. The van der Waals surface area contributed by atoms with E-state index >= 15 is 0 Å². The van der Waals surface area contributed by atoms with Crippen molar-refractivity contribution in [3.05, 3.63) is 89.5 Å². The molecule has 6 heteroatoms. The summed E-state index contributed by atoms with van der Waals surface area (Å²) in [5.74, 6) is 0.794. The van der Waals surface area contributed by atoms with E-state index in [1.165, 1.54) is 5.56 Å². The summed E-state index contributed by atoms with van der Waals surface area (Å²) in [6, 6.07) is 22.5. The van der Waals surface area contributed by atoms with E-state index in [9.17, 15) is 15.3 Å². The van der Waals surface area contributed by atoms with Crippen LogP contribution in [-0.4, -0.2) is 41.1 Å². The van der Waals surface area contributed by atoms with Crippen molar-refractivity contribution in [2.45, 2.75) is 77.4 Å². The van der Waals surface area contributed by atoms with Crippen molar-refractivity contribution in [3.63, 3.8) is 0 Å². The number of hydrogen-bond donors (Lipinski definition) is 3. The largest absolute Gasteiger partial charge is 0.508 e. The molecule has 0 aromatic heterocycles. The van der Waals surface area contributed by atoms with Gasteiger partial charge in [0.2, 0.25) is 0 Å². The summed E-state index contributed by atoms with van der Waals surface area (Å²) in [7, 11) is -2.09. The first kappa shape index (κ1) is 28.8. The Hall–Kier alpha value is -2.80. The van der Waals surface area contributed by atoms with Crippen LogP contribution in [0, 0.1) is 0 Å². The summed E-state index contributed by atoms with van der Waals surface area (Å²) in [5.41, 5.74) is 3.39. The number of aryl methyl sites for hydroxylation is 1. The van der Waals surface area contributed by atoms with E-state index in [4.69, 9.17) is 4.43 Å². The number of hydrogen-bond acceptors (Lipinski definition) is 5. The van der Waals surface area contributed by atoms with Crippen LogP contribution in [-0.2, 0) is 17.4 Å². The molecule has 0 fully saturated rings. The van der Waals surface area contributed by atoms with E-state index in [1.807, 2.05) is 36.4 Å². The van der Waals surface area contributed by atoms with Crippen molar-refractivity contribution in [2.24, 2.45) is 0 Å². The molecule has 0 saturated carbocycles. The first-order valence-corrected chi connectivity index (χ1v) is 16.0. The van der Waals surface area contributed by atoms with Gasteiger partial charge in [-0.3, -0.25) is 4.90 Å². The molecule has 3 rings (SSSR count). The second kappa shape index (κ2) is 12.2. The van der Waals surface area contributed by atoms with E-state index < -0.39 is 8.32 Å². The van der Waals surface area contributed by atoms with E-state index in [0.717, 1.165) is 30.5 Å². The average Bonchev–Trinajstić information content (AvgIpc) is 2.83. The normalized spacial score (nSPS) is 14.0. The Balaban J connectivity index is 1.88. The second-order valence-corrected chi connectivity index (χ2v) is 16.4. The molecule has 37 heavy (non-hydrogen) atoms. The molecule has 0 amide bonds. The highest BCUT2D eigenvalue weighted by molar-refractivity contribution is 6.74. The minimum absolute atomic E-state index is 0.0639. The molecule has 3 N–H and O–H groups in total. The van der Waals surface area contributed by atoms with Gasteiger partial charge in [-0.05, 0) is 91.0 Å². The fourth-order valence-corrected chi connectivity index (χ4v) is 5.38. The fourth-order valence-electron chi connectivity index (χ4n) is 4.10. The number of nitrogens with zero attached hydrogens (tertiary/aromatic N) is 1. The van der Waals surface area contributed by atoms with Gasteiger partial charge in [0.05, 0.1) is 6.10 Å². The van der Waals surface area contributed by atoms with Gasteiger partial charge in [0.15, 0.2) is 8.32 Å². The van der Waals surface area contributed by atoms with Crippen molar-refractivity contribution >= 4 is 8.32 Å². The summed E-state index contributed by atoms with van der Waals surface area (Å²) in [6.07, 6.45) is 1.71.